The van der Waals surface area contributed by atoms with Gasteiger partial charge in [0, 0.05) is 12.2 Å². The molecule has 0 saturated carbocycles. The maximum absolute atomic E-state index is 10.5. The van der Waals surface area contributed by atoms with Gasteiger partial charge in [0.1, 0.15) is 0 Å². The fourth-order valence-electron chi connectivity index (χ4n) is 1.21. The van der Waals surface area contributed by atoms with Crippen LogP contribution >= 0.6 is 0 Å². The fourth-order valence-corrected chi connectivity index (χ4v) is 1.65. The minimum atomic E-state index is -4.18. The molecule has 0 amide bonds. The number of rotatable bonds is 6. The van der Waals surface area contributed by atoms with Crippen molar-refractivity contribution in [3.63, 3.8) is 0 Å². The molecule has 1 rings (SSSR count). The number of hydrogen-bond acceptors (Lipinski definition) is 3. The Morgan fingerprint density at radius 2 is 1.75 bits per heavy atom. The molecule has 6 heteroatoms. The van der Waals surface area contributed by atoms with Crippen LogP contribution < -0.4 is 10.0 Å². The van der Waals surface area contributed by atoms with Gasteiger partial charge < -0.3 is 5.32 Å². The average molecular weight is 244 g/mol. The van der Waals surface area contributed by atoms with Gasteiger partial charge in [-0.15, -0.1) is 0 Å². The molecule has 3 N–H and O–H groups in total. The number of nitrogens with one attached hydrogen (secondary N) is 2. The summed E-state index contributed by atoms with van der Waals surface area (Å²) in [5, 5.41) is 3.20. The Morgan fingerprint density at radius 1 is 1.19 bits per heavy atom. The second kappa shape index (κ2) is 5.72. The summed E-state index contributed by atoms with van der Waals surface area (Å²) in [5.74, 6) is 0. The average Bonchev–Trinajstić information content (AvgIpc) is 2.19. The Hall–Kier alpha value is -1.27. The summed E-state index contributed by atoms with van der Waals surface area (Å²) < 4.78 is 31.6. The smallest absolute Gasteiger partial charge is 0.357 e. The highest BCUT2D eigenvalue weighted by atomic mass is 32.2. The molecule has 1 aromatic rings. The molecule has 0 aliphatic rings. The molecule has 0 aromatic heterocycles. The van der Waals surface area contributed by atoms with E-state index in [9.17, 15) is 8.42 Å². The minimum absolute atomic E-state index is 0.337. The molecule has 0 spiro atoms. The first-order chi connectivity index (χ1) is 7.51. The molecule has 0 aliphatic carbocycles. The molecule has 5 nitrogen and oxygen atoms in total. The lowest BCUT2D eigenvalue weighted by atomic mass is 10.2. The maximum atomic E-state index is 10.5. The standard InChI is InChI=1S/C10H16N2O3S/c1-2-3-8-11-9-4-6-10(7-5-9)12-16(13,14)15/h4-7,11-12H,2-3,8H2,1H3,(H,13,14,15). The van der Waals surface area contributed by atoms with Gasteiger partial charge in [-0.05, 0) is 30.7 Å². The van der Waals surface area contributed by atoms with Gasteiger partial charge in [-0.2, -0.15) is 8.42 Å². The predicted molar refractivity (Wildman–Crippen MR) is 65.0 cm³/mol. The first-order valence-corrected chi connectivity index (χ1v) is 6.54. The molecular weight excluding hydrogens is 228 g/mol. The van der Waals surface area contributed by atoms with E-state index in [0.29, 0.717) is 5.69 Å². The zero-order valence-electron chi connectivity index (χ0n) is 9.10. The highest BCUT2D eigenvalue weighted by Crippen LogP contribution is 2.14. The van der Waals surface area contributed by atoms with Gasteiger partial charge in [0.2, 0.25) is 0 Å². The summed E-state index contributed by atoms with van der Waals surface area (Å²) in [6.45, 7) is 3.00. The third-order valence-electron chi connectivity index (χ3n) is 1.99. The highest BCUT2D eigenvalue weighted by Gasteiger charge is 2.02. The molecule has 0 fully saturated rings. The number of anilines is 2. The van der Waals surface area contributed by atoms with E-state index in [-0.39, 0.29) is 0 Å². The van der Waals surface area contributed by atoms with Gasteiger partial charge >= 0.3 is 10.3 Å². The van der Waals surface area contributed by atoms with E-state index in [1.165, 1.54) is 0 Å². The van der Waals surface area contributed by atoms with E-state index in [0.717, 1.165) is 25.1 Å². The molecule has 0 saturated heterocycles. The summed E-state index contributed by atoms with van der Waals surface area (Å²) in [7, 11) is -4.18. The monoisotopic (exact) mass is 244 g/mol. The summed E-state index contributed by atoms with van der Waals surface area (Å²) in [6, 6.07) is 6.68. The van der Waals surface area contributed by atoms with Crippen LogP contribution in [-0.4, -0.2) is 19.5 Å². The quantitative estimate of drug-likeness (QED) is 0.529. The maximum Gasteiger partial charge on any atom is 0.357 e. The lowest BCUT2D eigenvalue weighted by Crippen LogP contribution is -2.10. The van der Waals surface area contributed by atoms with E-state index in [4.69, 9.17) is 4.55 Å². The van der Waals surface area contributed by atoms with E-state index < -0.39 is 10.3 Å². The molecule has 0 radical (unpaired) electrons. The van der Waals surface area contributed by atoms with E-state index in [2.05, 4.69) is 12.2 Å². The Morgan fingerprint density at radius 3 is 2.25 bits per heavy atom. The van der Waals surface area contributed by atoms with Crippen LogP contribution in [0, 0.1) is 0 Å². The molecule has 0 bridgehead atoms. The summed E-state index contributed by atoms with van der Waals surface area (Å²) in [4.78, 5) is 0. The van der Waals surface area contributed by atoms with Gasteiger partial charge in [0.15, 0.2) is 0 Å². The SMILES string of the molecule is CCCCNc1ccc(NS(=O)(=O)O)cc1. The zero-order chi connectivity index (χ0) is 12.0. The Bertz CT molecular complexity index is 414. The van der Waals surface area contributed by atoms with Gasteiger partial charge in [0.05, 0.1) is 5.69 Å². The Labute approximate surface area is 95.8 Å². The van der Waals surface area contributed by atoms with Gasteiger partial charge in [-0.1, -0.05) is 13.3 Å². The Kier molecular flexibility index (Phi) is 4.57. The van der Waals surface area contributed by atoms with Crippen LogP contribution in [0.25, 0.3) is 0 Å². The van der Waals surface area contributed by atoms with E-state index in [1.54, 1.807) is 24.3 Å². The zero-order valence-corrected chi connectivity index (χ0v) is 9.92. The van der Waals surface area contributed by atoms with Crippen molar-refractivity contribution in [2.45, 2.75) is 19.8 Å². The van der Waals surface area contributed by atoms with Crippen molar-refractivity contribution in [1.82, 2.24) is 0 Å². The molecular formula is C10H16N2O3S. The lowest BCUT2D eigenvalue weighted by molar-refractivity contribution is 0.490. The molecule has 1 aromatic carbocycles. The highest BCUT2D eigenvalue weighted by molar-refractivity contribution is 7.87. The van der Waals surface area contributed by atoms with Gasteiger partial charge in [0.25, 0.3) is 0 Å². The number of hydrogen-bond donors (Lipinski definition) is 3. The van der Waals surface area contributed by atoms with Crippen LogP contribution in [0.5, 0.6) is 0 Å². The molecule has 16 heavy (non-hydrogen) atoms. The summed E-state index contributed by atoms with van der Waals surface area (Å²) >= 11 is 0. The van der Waals surface area contributed by atoms with Crippen molar-refractivity contribution in [1.29, 1.82) is 0 Å². The first kappa shape index (κ1) is 12.8. The third-order valence-corrected chi connectivity index (χ3v) is 2.48. The van der Waals surface area contributed by atoms with Gasteiger partial charge in [-0.3, -0.25) is 9.27 Å². The van der Waals surface area contributed by atoms with E-state index >= 15 is 0 Å². The number of benzene rings is 1. The predicted octanol–water partition coefficient (Wildman–Crippen LogP) is 2.11. The molecule has 0 unspecified atom stereocenters. The van der Waals surface area contributed by atoms with Crippen molar-refractivity contribution in [3.8, 4) is 0 Å². The number of unbranched alkanes of at least 4 members (excludes halogenated alkanes) is 1. The van der Waals surface area contributed by atoms with Crippen LogP contribution in [0.3, 0.4) is 0 Å². The third kappa shape index (κ3) is 4.99. The summed E-state index contributed by atoms with van der Waals surface area (Å²) in [6.07, 6.45) is 2.21. The fraction of sp³-hybridized carbons (Fsp3) is 0.400. The topological polar surface area (TPSA) is 78.4 Å². The van der Waals surface area contributed by atoms with Crippen LogP contribution in [0.2, 0.25) is 0 Å². The lowest BCUT2D eigenvalue weighted by Gasteiger charge is -2.07. The second-order valence-corrected chi connectivity index (χ2v) is 4.59. The second-order valence-electron chi connectivity index (χ2n) is 3.43. The van der Waals surface area contributed by atoms with Crippen LogP contribution in [0.15, 0.2) is 24.3 Å². The molecule has 90 valence electrons. The van der Waals surface area contributed by atoms with Crippen LogP contribution in [0.1, 0.15) is 19.8 Å². The van der Waals surface area contributed by atoms with E-state index in [1.807, 2.05) is 4.72 Å². The van der Waals surface area contributed by atoms with Crippen molar-refractivity contribution >= 4 is 21.7 Å². The van der Waals surface area contributed by atoms with Crippen molar-refractivity contribution in [2.75, 3.05) is 16.6 Å². The minimum Gasteiger partial charge on any atom is -0.385 e. The van der Waals surface area contributed by atoms with Crippen molar-refractivity contribution < 1.29 is 13.0 Å². The van der Waals surface area contributed by atoms with Crippen molar-refractivity contribution in [2.24, 2.45) is 0 Å². The van der Waals surface area contributed by atoms with Gasteiger partial charge in [-0.25, -0.2) is 0 Å². The normalized spacial score (nSPS) is 11.1. The molecule has 0 atom stereocenters. The largest absolute Gasteiger partial charge is 0.385 e. The first-order valence-electron chi connectivity index (χ1n) is 5.10. The molecule has 0 heterocycles. The molecule has 0 aliphatic heterocycles. The van der Waals surface area contributed by atoms with Crippen LogP contribution in [0.4, 0.5) is 11.4 Å². The van der Waals surface area contributed by atoms with Crippen LogP contribution in [-0.2, 0) is 10.3 Å². The Balaban J connectivity index is 2.54. The van der Waals surface area contributed by atoms with Crippen molar-refractivity contribution in [3.05, 3.63) is 24.3 Å². The summed E-state index contributed by atoms with van der Waals surface area (Å²) in [5.41, 5.74) is 1.26.